The molecular weight excluding hydrogens is 2130 g/mol. The van der Waals surface area contributed by atoms with Gasteiger partial charge >= 0.3 is 0 Å². The molecule has 0 bridgehead atoms. The van der Waals surface area contributed by atoms with Crippen molar-refractivity contribution in [2.45, 2.75) is 114 Å². The molecule has 0 unspecified atom stereocenters. The zero-order chi connectivity index (χ0) is 78.4. The topological polar surface area (TPSA) is 140 Å². The third-order valence-electron chi connectivity index (χ3n) is 20.0. The fourth-order valence-corrected chi connectivity index (χ4v) is 14.6. The normalized spacial score (nSPS) is 11.1. The van der Waals surface area contributed by atoms with Gasteiger partial charge in [-0.15, -0.1) is 157 Å². The van der Waals surface area contributed by atoms with Crippen LogP contribution in [0.2, 0.25) is 0 Å². The van der Waals surface area contributed by atoms with Crippen LogP contribution in [0.5, 0.6) is 0 Å². The second-order valence-electron chi connectivity index (χ2n) is 28.5. The summed E-state index contributed by atoms with van der Waals surface area (Å²) in [6.45, 7) is 58.8. The van der Waals surface area contributed by atoms with Gasteiger partial charge in [-0.2, -0.15) is 20.4 Å². The van der Waals surface area contributed by atoms with Crippen molar-refractivity contribution in [3.63, 3.8) is 0 Å². The minimum atomic E-state index is -0.0932. The Morgan fingerprint density at radius 1 is 0.348 bits per heavy atom. The summed E-state index contributed by atoms with van der Waals surface area (Å²) in [5.74, 6) is 6.72. The van der Waals surface area contributed by atoms with E-state index in [1.54, 1.807) is 6.07 Å². The van der Waals surface area contributed by atoms with E-state index in [4.69, 9.17) is 26.3 Å². The Labute approximate surface area is 728 Å². The first-order valence-electron chi connectivity index (χ1n) is 36.6. The Morgan fingerprint density at radius 2 is 0.826 bits per heavy atom. The van der Waals surface area contributed by atoms with Crippen molar-refractivity contribution in [2.75, 3.05) is 0 Å². The molecule has 0 spiro atoms. The smallest absolute Gasteiger partial charge is 0.209 e. The third-order valence-corrected chi connectivity index (χ3v) is 20.0. The van der Waals surface area contributed by atoms with Gasteiger partial charge < -0.3 is 18.3 Å². The van der Waals surface area contributed by atoms with Crippen LogP contribution in [0.25, 0.3) is 121 Å². The number of aromatic nitrogens is 12. The molecule has 0 fully saturated rings. The number of benzene rings is 11. The number of para-hydroxylation sites is 2. The van der Waals surface area contributed by atoms with Gasteiger partial charge in [0.25, 0.3) is 0 Å². The van der Waals surface area contributed by atoms with E-state index >= 15 is 0 Å². The van der Waals surface area contributed by atoms with E-state index < -0.39 is 0 Å². The molecule has 15 aromatic rings. The van der Waals surface area contributed by atoms with Crippen molar-refractivity contribution in [1.82, 2.24) is 59.1 Å². The van der Waals surface area contributed by atoms with Crippen molar-refractivity contribution in [2.24, 2.45) is 0 Å². The summed E-state index contributed by atoms with van der Waals surface area (Å²) in [4.78, 5) is 14.5. The molecule has 20 heteroatoms. The van der Waals surface area contributed by atoms with Gasteiger partial charge in [0.1, 0.15) is 23.3 Å². The minimum absolute atomic E-state index is 0. The van der Waals surface area contributed by atoms with Gasteiger partial charge in [0.15, 0.2) is 17.1 Å². The molecule has 0 atom stereocenters. The van der Waals surface area contributed by atoms with Crippen molar-refractivity contribution in [3.8, 4) is 102 Å². The molecule has 4 radical (unpaired) electrons. The van der Waals surface area contributed by atoms with E-state index in [-0.39, 0.29) is 97.7 Å². The molecule has 0 amide bonds. The Morgan fingerprint density at radius 3 is 1.37 bits per heavy atom. The number of rotatable bonds is 12. The average molecular weight is 2210 g/mol. The molecular formula is C95H80Ir4N16-4. The van der Waals surface area contributed by atoms with E-state index in [0.29, 0.717) is 28.7 Å². The molecule has 1 aliphatic carbocycles. The SMILES string of the molecule is [C-]#[N+]c1c(C)cc(-c2cc(C)c(-n3c(C)nnc3-c3[c-]cccc3)c(C)c2)cc1C.[C-]#[N+]c1cc(C(C)C)c(-n2c(C)nnc2-c2[c-]cccc2)c(C(C)C)c1.[C-]#[N+]c1cccc(-n2c(C)nnc2-c2[c-]ccc(-c3ccccc3)c2)c1.[C-]#[N+]c1ccccc1-n1c(C)nnc1-c1[c-]cc2c(c1)C(C)(C)c1ccccc1-2.[Ir].[Ir].[Ir].[Ir]. The number of fused-ring (bicyclic) bond motifs is 3. The molecule has 11 aromatic carbocycles. The number of hydrogen-bond acceptors (Lipinski definition) is 8. The van der Waals surface area contributed by atoms with Crippen LogP contribution in [0.3, 0.4) is 0 Å². The fraction of sp³-hybridized carbons (Fsp3) is 0.179. The summed E-state index contributed by atoms with van der Waals surface area (Å²) in [7, 11) is 0. The van der Waals surface area contributed by atoms with Crippen molar-refractivity contribution in [1.29, 1.82) is 0 Å². The van der Waals surface area contributed by atoms with E-state index in [9.17, 15) is 0 Å². The van der Waals surface area contributed by atoms with Crippen LogP contribution in [0.15, 0.2) is 218 Å². The Kier molecular flexibility index (Phi) is 29.0. The molecule has 580 valence electrons. The van der Waals surface area contributed by atoms with Gasteiger partial charge in [0.05, 0.1) is 49.6 Å². The molecule has 0 aliphatic heterocycles. The van der Waals surface area contributed by atoms with E-state index in [1.165, 1.54) is 22.3 Å². The van der Waals surface area contributed by atoms with Crippen LogP contribution in [0, 0.1) is 106 Å². The first-order chi connectivity index (χ1) is 53.6. The standard InChI is InChI=1S/C26H23N4.C25H19N4.C22H15N4.C22H23N4.4Ir/c1-16-12-22(13-17(2)24(16)27-6)23-14-18(3)25(19(4)15-23)30-20(5)28-29-26(30)21-10-8-7-9-11-21;1-16-27-28-24(29(16)23-12-8-7-11-22(23)26-4)17-13-14-19-18-9-5-6-10-20(18)25(2,3)21(19)15-17;1-16-24-25-22(26(16)21-13-7-12-20(15-21)23-2)19-11-6-10-18(14-19)17-8-4-3-5-9-17;1-14(2)19-12-18(23-6)13-20(15(3)4)21(19)26-16(5)24-25-22(26)17-10-8-7-9-11-17;;;;/h7-10,12-15H,1-5H3;5-12,14-15H,1-3H3;3-10,12-15H,1H3;7-10,12-15H,1-5H3;;;;/q4*-1;;;;. The molecule has 1 aliphatic rings. The molecule has 115 heavy (non-hydrogen) atoms. The van der Waals surface area contributed by atoms with Crippen LogP contribution in [0.1, 0.15) is 121 Å². The molecule has 0 saturated carbocycles. The summed E-state index contributed by atoms with van der Waals surface area (Å²) >= 11 is 0. The van der Waals surface area contributed by atoms with Gasteiger partial charge in [-0.1, -0.05) is 162 Å². The number of nitrogens with zero attached hydrogens (tertiary/aromatic N) is 16. The molecule has 4 aromatic heterocycles. The first-order valence-corrected chi connectivity index (χ1v) is 36.6. The van der Waals surface area contributed by atoms with Crippen LogP contribution >= 0.6 is 0 Å². The second-order valence-corrected chi connectivity index (χ2v) is 28.5. The minimum Gasteiger partial charge on any atom is -0.329 e. The fourth-order valence-electron chi connectivity index (χ4n) is 14.6. The predicted octanol–water partition coefficient (Wildman–Crippen LogP) is 23.5. The number of aryl methyl sites for hydroxylation is 8. The average Bonchev–Trinajstić information content (AvgIpc) is 1.58. The van der Waals surface area contributed by atoms with Crippen LogP contribution in [0.4, 0.5) is 22.7 Å². The van der Waals surface area contributed by atoms with Crippen molar-refractivity contribution in [3.05, 3.63) is 356 Å². The van der Waals surface area contributed by atoms with Crippen molar-refractivity contribution < 1.29 is 80.4 Å². The summed E-state index contributed by atoms with van der Waals surface area (Å²) in [6, 6.07) is 85.4. The molecule has 16 nitrogen and oxygen atoms in total. The van der Waals surface area contributed by atoms with Gasteiger partial charge in [0.2, 0.25) is 5.69 Å². The third kappa shape index (κ3) is 18.1. The molecule has 0 N–H and O–H groups in total. The summed E-state index contributed by atoms with van der Waals surface area (Å²) < 4.78 is 8.12. The quantitative estimate of drug-likeness (QED) is 0.110. The van der Waals surface area contributed by atoms with Gasteiger partial charge in [-0.25, -0.2) is 19.4 Å². The Balaban J connectivity index is 0.000000174. The monoisotopic (exact) mass is 2220 g/mol. The maximum absolute atomic E-state index is 7.52. The zero-order valence-electron chi connectivity index (χ0n) is 65.9. The maximum atomic E-state index is 7.52. The first kappa shape index (κ1) is 87.5. The van der Waals surface area contributed by atoms with Crippen molar-refractivity contribution >= 4 is 22.7 Å². The van der Waals surface area contributed by atoms with Crippen LogP contribution in [-0.2, 0) is 85.8 Å². The van der Waals surface area contributed by atoms with Crippen LogP contribution < -0.4 is 0 Å². The van der Waals surface area contributed by atoms with Crippen LogP contribution in [-0.4, -0.2) is 59.1 Å². The second kappa shape index (κ2) is 38.1. The van der Waals surface area contributed by atoms with E-state index in [1.807, 2.05) is 184 Å². The largest absolute Gasteiger partial charge is 0.329 e. The van der Waals surface area contributed by atoms with Gasteiger partial charge in [-0.3, -0.25) is 0 Å². The predicted molar refractivity (Wildman–Crippen MR) is 442 cm³/mol. The Bertz CT molecular complexity index is 6110. The molecule has 0 saturated heterocycles. The number of hydrogen-bond donors (Lipinski definition) is 0. The van der Waals surface area contributed by atoms with Gasteiger partial charge in [0, 0.05) is 103 Å². The zero-order valence-corrected chi connectivity index (χ0v) is 75.5. The van der Waals surface area contributed by atoms with Gasteiger partial charge in [-0.05, 0) is 159 Å². The van der Waals surface area contributed by atoms with E-state index in [0.717, 1.165) is 141 Å². The summed E-state index contributed by atoms with van der Waals surface area (Å²) in [5.41, 5.74) is 26.1. The molecule has 4 heterocycles. The maximum Gasteiger partial charge on any atom is 0.209 e. The molecule has 16 rings (SSSR count). The Hall–Kier alpha value is -11.5. The van der Waals surface area contributed by atoms with E-state index in [2.05, 4.69) is 228 Å². The summed E-state index contributed by atoms with van der Waals surface area (Å²) in [6.07, 6.45) is 0. The summed E-state index contributed by atoms with van der Waals surface area (Å²) in [5, 5.41) is 34.9.